The van der Waals surface area contributed by atoms with Crippen LogP contribution in [0.2, 0.25) is 0 Å². The Labute approximate surface area is 365 Å². The molecule has 6 aromatic rings. The van der Waals surface area contributed by atoms with E-state index in [2.05, 4.69) is 28.1 Å². The number of carbonyl (C=O) groups is 3. The molecule has 0 aliphatic heterocycles. The number of fused-ring (bicyclic) bond motifs is 5. The van der Waals surface area contributed by atoms with Crippen LogP contribution in [0.5, 0.6) is 0 Å². The third kappa shape index (κ3) is 12.1. The number of benzene rings is 4. The van der Waals surface area contributed by atoms with Crippen molar-refractivity contribution in [2.45, 2.75) is 84.6 Å². The summed E-state index contributed by atoms with van der Waals surface area (Å²) in [5.74, 6) is -0.956. The van der Waals surface area contributed by atoms with E-state index in [9.17, 15) is 24.0 Å². The van der Waals surface area contributed by atoms with Crippen molar-refractivity contribution in [2.75, 3.05) is 30.5 Å². The van der Waals surface area contributed by atoms with Gasteiger partial charge in [0, 0.05) is 52.3 Å². The average molecular weight is 859 g/mol. The minimum atomic E-state index is -1.03. The van der Waals surface area contributed by atoms with Crippen molar-refractivity contribution >= 4 is 51.2 Å². The maximum atomic E-state index is 13.3. The molecule has 4 aromatic carbocycles. The molecule has 2 aromatic heterocycles. The van der Waals surface area contributed by atoms with E-state index in [1.54, 1.807) is 36.4 Å². The lowest BCUT2D eigenvalue weighted by Crippen LogP contribution is -2.48. The van der Waals surface area contributed by atoms with Crippen LogP contribution >= 0.6 is 0 Å². The first-order valence-corrected chi connectivity index (χ1v) is 20.6. The average Bonchev–Trinajstić information content (AvgIpc) is 3.53. The van der Waals surface area contributed by atoms with Crippen molar-refractivity contribution in [1.82, 2.24) is 5.32 Å². The number of carbonyl (C=O) groups excluding carboxylic acids is 3. The Kier molecular flexibility index (Phi) is 14.0. The van der Waals surface area contributed by atoms with Crippen LogP contribution in [0, 0.1) is 13.8 Å². The van der Waals surface area contributed by atoms with Crippen LogP contribution in [-0.2, 0) is 23.8 Å². The predicted octanol–water partition coefficient (Wildman–Crippen LogP) is 7.94. The maximum Gasteiger partial charge on any atom is 0.407 e. The molecule has 1 aliphatic rings. The predicted molar refractivity (Wildman–Crippen MR) is 243 cm³/mol. The van der Waals surface area contributed by atoms with E-state index in [1.807, 2.05) is 91.8 Å². The molecule has 5 N–H and O–H groups in total. The summed E-state index contributed by atoms with van der Waals surface area (Å²) >= 11 is 0. The third-order valence-electron chi connectivity index (χ3n) is 10.1. The van der Waals surface area contributed by atoms with Gasteiger partial charge in [-0.25, -0.2) is 14.4 Å². The molecule has 0 saturated heterocycles. The van der Waals surface area contributed by atoms with Crippen molar-refractivity contribution in [1.29, 1.82) is 0 Å². The van der Waals surface area contributed by atoms with E-state index in [0.717, 1.165) is 44.2 Å². The monoisotopic (exact) mass is 858 g/mol. The molecule has 7 rings (SSSR count). The lowest BCUT2D eigenvalue weighted by Gasteiger charge is -2.25. The molecule has 0 bridgehead atoms. The lowest BCUT2D eigenvalue weighted by atomic mass is 9.98. The van der Waals surface area contributed by atoms with Crippen LogP contribution in [0.3, 0.4) is 0 Å². The number of rotatable bonds is 11. The summed E-state index contributed by atoms with van der Waals surface area (Å²) in [6.45, 7) is 15.1. The molecule has 1 aliphatic carbocycles. The first-order valence-electron chi connectivity index (χ1n) is 20.6. The Morgan fingerprint density at radius 3 is 1.60 bits per heavy atom. The molecule has 0 saturated carbocycles. The van der Waals surface area contributed by atoms with E-state index < -0.39 is 40.9 Å². The van der Waals surface area contributed by atoms with Gasteiger partial charge in [-0.3, -0.25) is 9.59 Å². The lowest BCUT2D eigenvalue weighted by molar-refractivity contribution is -0.121. The van der Waals surface area contributed by atoms with Crippen molar-refractivity contribution in [3.63, 3.8) is 0 Å². The van der Waals surface area contributed by atoms with Crippen molar-refractivity contribution < 1.29 is 37.4 Å². The van der Waals surface area contributed by atoms with Crippen LogP contribution in [0.25, 0.3) is 33.1 Å². The number of aryl methyl sites for hydroxylation is 2. The number of anilines is 2. The zero-order chi connectivity index (χ0) is 45.6. The van der Waals surface area contributed by atoms with Crippen LogP contribution in [0.15, 0.2) is 115 Å². The van der Waals surface area contributed by atoms with Gasteiger partial charge in [0.2, 0.25) is 11.8 Å². The minimum absolute atomic E-state index is 0.0682. The zero-order valence-electron chi connectivity index (χ0n) is 36.8. The van der Waals surface area contributed by atoms with Crippen molar-refractivity contribution in [2.24, 2.45) is 5.73 Å². The van der Waals surface area contributed by atoms with Crippen LogP contribution in [0.1, 0.15) is 69.7 Å². The SMILES string of the molecule is Cc1cc(=O)oc2cc(NC(=O)C(COC(C)(C)C)NC(=O)OCC3c4ccccc4-c4ccccc43)ccc12.Cc1cc(=O)oc2cc(NC(=O)C(N)COC(C)(C)C)ccc12. The Morgan fingerprint density at radius 2 is 1.11 bits per heavy atom. The second-order valence-corrected chi connectivity index (χ2v) is 17.4. The van der Waals surface area contributed by atoms with E-state index in [0.29, 0.717) is 22.5 Å². The molecule has 0 radical (unpaired) electrons. The molecule has 0 fully saturated rings. The molecule has 2 heterocycles. The fourth-order valence-corrected chi connectivity index (χ4v) is 6.98. The summed E-state index contributed by atoms with van der Waals surface area (Å²) in [7, 11) is 0. The molecular formula is C49H54N4O10. The molecule has 2 atom stereocenters. The summed E-state index contributed by atoms with van der Waals surface area (Å²) in [6.07, 6.45) is -0.723. The van der Waals surface area contributed by atoms with Gasteiger partial charge in [0.25, 0.3) is 0 Å². The Bertz CT molecular complexity index is 2720. The van der Waals surface area contributed by atoms with E-state index in [1.165, 1.54) is 12.1 Å². The quantitative estimate of drug-likeness (QED) is 0.0922. The van der Waals surface area contributed by atoms with Gasteiger partial charge in [-0.05, 0) is 113 Å². The molecule has 330 valence electrons. The van der Waals surface area contributed by atoms with Crippen LogP contribution < -0.4 is 32.9 Å². The minimum Gasteiger partial charge on any atom is -0.449 e. The normalized spacial score (nSPS) is 13.3. The maximum absolute atomic E-state index is 13.3. The smallest absolute Gasteiger partial charge is 0.407 e. The molecule has 2 unspecified atom stereocenters. The third-order valence-corrected chi connectivity index (χ3v) is 10.1. The van der Waals surface area contributed by atoms with Gasteiger partial charge in [-0.15, -0.1) is 0 Å². The number of alkyl carbamates (subject to hydrolysis) is 1. The number of hydrogen-bond acceptors (Lipinski definition) is 11. The Hall–Kier alpha value is -6.61. The first-order chi connectivity index (χ1) is 29.7. The van der Waals surface area contributed by atoms with Gasteiger partial charge in [0.1, 0.15) is 29.9 Å². The fourth-order valence-electron chi connectivity index (χ4n) is 6.98. The number of ether oxygens (including phenoxy) is 3. The van der Waals surface area contributed by atoms with Crippen LogP contribution in [0.4, 0.5) is 16.2 Å². The summed E-state index contributed by atoms with van der Waals surface area (Å²) in [5, 5.41) is 9.74. The number of nitrogens with one attached hydrogen (secondary N) is 3. The van der Waals surface area contributed by atoms with E-state index >= 15 is 0 Å². The van der Waals surface area contributed by atoms with Gasteiger partial charge < -0.3 is 44.7 Å². The molecular weight excluding hydrogens is 805 g/mol. The highest BCUT2D eigenvalue weighted by atomic mass is 16.6. The standard InChI is InChI=1S/C32H32N2O6.C17H22N2O4/c1-19-15-29(35)40-28-16-20(13-14-21(19)28)33-30(36)27(18-39-32(2,3)4)34-31(37)38-17-26-24-11-7-5-9-22(24)23-10-6-8-12-25(23)26;1-10-7-15(20)23-14-8-11(5-6-12(10)14)19-16(21)13(18)9-22-17(2,3)4/h5-16,26-27H,17-18H2,1-4H3,(H,33,36)(H,34,37);5-8,13H,9,18H2,1-4H3,(H,19,21). The van der Waals surface area contributed by atoms with Crippen LogP contribution in [-0.4, -0.2) is 61.0 Å². The number of hydrogen-bond donors (Lipinski definition) is 4. The molecule has 0 spiro atoms. The highest BCUT2D eigenvalue weighted by molar-refractivity contribution is 5.98. The van der Waals surface area contributed by atoms with Gasteiger partial charge >= 0.3 is 17.3 Å². The fraction of sp³-hybridized carbons (Fsp3) is 0.327. The molecule has 14 heteroatoms. The topological polar surface area (TPSA) is 201 Å². The summed E-state index contributed by atoms with van der Waals surface area (Å²) in [4.78, 5) is 61.5. The van der Waals surface area contributed by atoms with Crippen molar-refractivity contribution in [3.05, 3.63) is 140 Å². The molecule has 63 heavy (non-hydrogen) atoms. The van der Waals surface area contributed by atoms with Crippen molar-refractivity contribution in [3.8, 4) is 11.1 Å². The highest BCUT2D eigenvalue weighted by Gasteiger charge is 2.30. The first kappa shape index (κ1) is 45.9. The van der Waals surface area contributed by atoms with Gasteiger partial charge in [-0.2, -0.15) is 0 Å². The Balaban J connectivity index is 0.000000244. The second-order valence-electron chi connectivity index (χ2n) is 17.4. The van der Waals surface area contributed by atoms with E-state index in [-0.39, 0.29) is 37.2 Å². The summed E-state index contributed by atoms with van der Waals surface area (Å²) in [5.41, 5.74) is 11.8. The van der Waals surface area contributed by atoms with Gasteiger partial charge in [0.15, 0.2) is 0 Å². The molecule has 3 amide bonds. The molecule has 14 nitrogen and oxygen atoms in total. The number of amides is 3. The zero-order valence-corrected chi connectivity index (χ0v) is 36.8. The summed E-state index contributed by atoms with van der Waals surface area (Å²) < 4.78 is 27.4. The largest absolute Gasteiger partial charge is 0.449 e. The number of nitrogens with two attached hydrogens (primary N) is 1. The second kappa shape index (κ2) is 19.2. The van der Waals surface area contributed by atoms with Gasteiger partial charge in [-0.1, -0.05) is 48.5 Å². The Morgan fingerprint density at radius 1 is 0.651 bits per heavy atom. The van der Waals surface area contributed by atoms with Gasteiger partial charge in [0.05, 0.1) is 24.4 Å². The summed E-state index contributed by atoms with van der Waals surface area (Å²) in [6, 6.07) is 27.4. The van der Waals surface area contributed by atoms with E-state index in [4.69, 9.17) is 28.8 Å². The highest BCUT2D eigenvalue weighted by Crippen LogP contribution is 2.44.